The third-order valence-electron chi connectivity index (χ3n) is 2.54. The quantitative estimate of drug-likeness (QED) is 0.688. The van der Waals surface area contributed by atoms with E-state index in [9.17, 15) is 4.79 Å². The van der Waals surface area contributed by atoms with Gasteiger partial charge in [-0.05, 0) is 25.1 Å². The molecule has 0 aromatic heterocycles. The number of carbonyl (C=O) groups is 1. The number of ether oxygens (including phenoxy) is 1. The Hall–Kier alpha value is -0.970. The predicted octanol–water partition coefficient (Wildman–Crippen LogP) is 2.88. The second kappa shape index (κ2) is 9.86. The zero-order chi connectivity index (χ0) is 14.8. The highest BCUT2D eigenvalue weighted by Crippen LogP contribution is 2.26. The lowest BCUT2D eigenvalue weighted by Gasteiger charge is -2.08. The molecule has 1 aromatic carbocycles. The Labute approximate surface area is 129 Å². The molecule has 0 aliphatic rings. The number of benzene rings is 1. The Morgan fingerprint density at radius 3 is 2.70 bits per heavy atom. The summed E-state index contributed by atoms with van der Waals surface area (Å²) in [7, 11) is 0. The highest BCUT2D eigenvalue weighted by molar-refractivity contribution is 6.42. The third kappa shape index (κ3) is 6.98. The molecule has 0 spiro atoms. The summed E-state index contributed by atoms with van der Waals surface area (Å²) in [4.78, 5) is 11.5. The average molecular weight is 319 g/mol. The highest BCUT2D eigenvalue weighted by Gasteiger charge is 2.03. The smallest absolute Gasteiger partial charge is 0.223 e. The third-order valence-corrected chi connectivity index (χ3v) is 3.28. The van der Waals surface area contributed by atoms with Crippen LogP contribution in [-0.4, -0.2) is 32.1 Å². The minimum Gasteiger partial charge on any atom is -0.493 e. The fraction of sp³-hybridized carbons (Fsp3) is 0.500. The molecular weight excluding hydrogens is 299 g/mol. The van der Waals surface area contributed by atoms with Gasteiger partial charge in [0.2, 0.25) is 5.91 Å². The van der Waals surface area contributed by atoms with E-state index in [0.717, 1.165) is 19.5 Å². The molecule has 0 saturated carbocycles. The van der Waals surface area contributed by atoms with Crippen molar-refractivity contribution in [2.24, 2.45) is 0 Å². The highest BCUT2D eigenvalue weighted by atomic mass is 35.5. The van der Waals surface area contributed by atoms with Crippen molar-refractivity contribution in [3.8, 4) is 5.75 Å². The summed E-state index contributed by atoms with van der Waals surface area (Å²) in [5, 5.41) is 6.95. The molecular formula is C14H20Cl2N2O2. The van der Waals surface area contributed by atoms with E-state index in [2.05, 4.69) is 17.6 Å². The lowest BCUT2D eigenvalue weighted by Crippen LogP contribution is -2.32. The lowest BCUT2D eigenvalue weighted by molar-refractivity contribution is -0.121. The van der Waals surface area contributed by atoms with Crippen LogP contribution in [0.15, 0.2) is 18.2 Å². The van der Waals surface area contributed by atoms with Gasteiger partial charge in [-0.1, -0.05) is 30.1 Å². The molecule has 0 aliphatic heterocycles. The summed E-state index contributed by atoms with van der Waals surface area (Å²) in [5.41, 5.74) is 0. The molecule has 1 amide bonds. The van der Waals surface area contributed by atoms with Crippen LogP contribution in [-0.2, 0) is 4.79 Å². The van der Waals surface area contributed by atoms with Crippen LogP contribution in [0.4, 0.5) is 0 Å². The van der Waals surface area contributed by atoms with Gasteiger partial charge in [-0.25, -0.2) is 0 Å². The summed E-state index contributed by atoms with van der Waals surface area (Å²) in [6, 6.07) is 5.02. The summed E-state index contributed by atoms with van der Waals surface area (Å²) >= 11 is 11.7. The van der Waals surface area contributed by atoms with Gasteiger partial charge in [-0.2, -0.15) is 0 Å². The molecule has 2 N–H and O–H groups in total. The molecule has 1 aromatic rings. The molecule has 0 unspecified atom stereocenters. The second-order valence-electron chi connectivity index (χ2n) is 4.27. The van der Waals surface area contributed by atoms with Gasteiger partial charge in [0.1, 0.15) is 5.75 Å². The first-order valence-electron chi connectivity index (χ1n) is 6.68. The fourth-order valence-corrected chi connectivity index (χ4v) is 1.80. The van der Waals surface area contributed by atoms with Crippen molar-refractivity contribution in [3.05, 3.63) is 28.2 Å². The molecule has 6 heteroatoms. The molecule has 0 aliphatic carbocycles. The molecule has 1 rings (SSSR count). The zero-order valence-electron chi connectivity index (χ0n) is 11.5. The molecule has 0 atom stereocenters. The first-order chi connectivity index (χ1) is 9.63. The van der Waals surface area contributed by atoms with Crippen LogP contribution in [0.5, 0.6) is 5.75 Å². The number of hydrogen-bond donors (Lipinski definition) is 2. The molecule has 112 valence electrons. The van der Waals surface area contributed by atoms with Crippen molar-refractivity contribution in [2.45, 2.75) is 19.8 Å². The molecule has 0 fully saturated rings. The predicted molar refractivity (Wildman–Crippen MR) is 82.7 cm³/mol. The van der Waals surface area contributed by atoms with Crippen molar-refractivity contribution < 1.29 is 9.53 Å². The van der Waals surface area contributed by atoms with Crippen LogP contribution < -0.4 is 15.4 Å². The number of halogens is 2. The minimum atomic E-state index is -0.0247. The monoisotopic (exact) mass is 318 g/mol. The van der Waals surface area contributed by atoms with E-state index in [-0.39, 0.29) is 5.91 Å². The number of rotatable bonds is 9. The Morgan fingerprint density at radius 2 is 2.00 bits per heavy atom. The maximum Gasteiger partial charge on any atom is 0.223 e. The van der Waals surface area contributed by atoms with Crippen LogP contribution in [0, 0.1) is 0 Å². The standard InChI is InChI=1S/C14H20Cl2N2O2/c1-2-6-17-7-8-18-14(19)5-9-20-11-3-4-12(15)13(16)10-11/h3-4,10,17H,2,5-9H2,1H3,(H,18,19). The normalized spacial score (nSPS) is 10.3. The van der Waals surface area contributed by atoms with Crippen LogP contribution in [0.25, 0.3) is 0 Å². The molecule has 0 bridgehead atoms. The topological polar surface area (TPSA) is 50.4 Å². The van der Waals surface area contributed by atoms with Crippen molar-refractivity contribution in [1.29, 1.82) is 0 Å². The van der Waals surface area contributed by atoms with E-state index in [1.165, 1.54) is 0 Å². The van der Waals surface area contributed by atoms with E-state index in [4.69, 9.17) is 27.9 Å². The zero-order valence-corrected chi connectivity index (χ0v) is 13.1. The minimum absolute atomic E-state index is 0.0247. The average Bonchev–Trinajstić information content (AvgIpc) is 2.42. The van der Waals surface area contributed by atoms with E-state index in [1.807, 2.05) is 0 Å². The number of nitrogens with one attached hydrogen (secondary N) is 2. The molecule has 0 heterocycles. The molecule has 20 heavy (non-hydrogen) atoms. The van der Waals surface area contributed by atoms with Gasteiger partial charge in [-0.3, -0.25) is 4.79 Å². The Bertz CT molecular complexity index is 428. The number of amides is 1. The van der Waals surface area contributed by atoms with Gasteiger partial charge in [0.25, 0.3) is 0 Å². The first kappa shape index (κ1) is 17.1. The summed E-state index contributed by atoms with van der Waals surface area (Å²) in [5.74, 6) is 0.583. The summed E-state index contributed by atoms with van der Waals surface area (Å²) in [6.45, 7) is 4.80. The first-order valence-corrected chi connectivity index (χ1v) is 7.44. The van der Waals surface area contributed by atoms with Crippen molar-refractivity contribution in [1.82, 2.24) is 10.6 Å². The molecule has 0 saturated heterocycles. The Balaban J connectivity index is 2.13. The van der Waals surface area contributed by atoms with Crippen LogP contribution in [0.2, 0.25) is 10.0 Å². The van der Waals surface area contributed by atoms with Crippen LogP contribution in [0.1, 0.15) is 19.8 Å². The van der Waals surface area contributed by atoms with Crippen molar-refractivity contribution in [2.75, 3.05) is 26.2 Å². The summed E-state index contributed by atoms with van der Waals surface area (Å²) in [6.07, 6.45) is 1.40. The van der Waals surface area contributed by atoms with Gasteiger partial charge in [0.05, 0.1) is 23.1 Å². The lowest BCUT2D eigenvalue weighted by atomic mass is 10.3. The maximum atomic E-state index is 11.5. The van der Waals surface area contributed by atoms with Gasteiger partial charge < -0.3 is 15.4 Å². The Morgan fingerprint density at radius 1 is 1.20 bits per heavy atom. The van der Waals surface area contributed by atoms with Crippen molar-refractivity contribution in [3.63, 3.8) is 0 Å². The van der Waals surface area contributed by atoms with Crippen LogP contribution >= 0.6 is 23.2 Å². The maximum absolute atomic E-state index is 11.5. The van der Waals surface area contributed by atoms with Gasteiger partial charge in [0.15, 0.2) is 0 Å². The molecule has 4 nitrogen and oxygen atoms in total. The van der Waals surface area contributed by atoms with E-state index < -0.39 is 0 Å². The number of hydrogen-bond acceptors (Lipinski definition) is 3. The van der Waals surface area contributed by atoms with E-state index in [1.54, 1.807) is 18.2 Å². The summed E-state index contributed by atoms with van der Waals surface area (Å²) < 4.78 is 5.44. The molecule has 0 radical (unpaired) electrons. The largest absolute Gasteiger partial charge is 0.493 e. The van der Waals surface area contributed by atoms with Gasteiger partial charge in [0, 0.05) is 19.2 Å². The second-order valence-corrected chi connectivity index (χ2v) is 5.09. The van der Waals surface area contributed by atoms with Crippen LogP contribution in [0.3, 0.4) is 0 Å². The fourth-order valence-electron chi connectivity index (χ4n) is 1.51. The SMILES string of the molecule is CCCNCCNC(=O)CCOc1ccc(Cl)c(Cl)c1. The van der Waals surface area contributed by atoms with Gasteiger partial charge in [-0.15, -0.1) is 0 Å². The Kier molecular flexibility index (Phi) is 8.42. The van der Waals surface area contributed by atoms with Crippen molar-refractivity contribution >= 4 is 29.1 Å². The number of carbonyl (C=O) groups excluding carboxylic acids is 1. The van der Waals surface area contributed by atoms with Gasteiger partial charge >= 0.3 is 0 Å². The van der Waals surface area contributed by atoms with E-state index >= 15 is 0 Å². The van der Waals surface area contributed by atoms with E-state index in [0.29, 0.717) is 35.4 Å².